The minimum absolute atomic E-state index is 0.101. The molecular weight excluding hydrogens is 805 g/mol. The minimum atomic E-state index is -1.71. The highest BCUT2D eigenvalue weighted by atomic mass is 16.7. The van der Waals surface area contributed by atoms with Gasteiger partial charge < -0.3 is 29.5 Å². The topological polar surface area (TPSA) is 140 Å². The lowest BCUT2D eigenvalue weighted by molar-refractivity contribution is -0.201. The van der Waals surface area contributed by atoms with Gasteiger partial charge in [0.15, 0.2) is 0 Å². The summed E-state index contributed by atoms with van der Waals surface area (Å²) < 4.78 is 18.6. The maximum Gasteiger partial charge on any atom is 0.321 e. The SMILES string of the molecule is CC(C(=O)OC(OC(=O)C(C)c1cc(C(C)(C)C)c(O)c(C(C)(C)C)c1)C(C)C(=O)Oc1c2c(c(C(C)(C)C)c(O)c1C(C)(C)C)CCC2)c1cc(C(C)(C)C)c(O)c(C(C)(C)C)c1. The van der Waals surface area contributed by atoms with Crippen molar-refractivity contribution in [1.82, 2.24) is 0 Å². The number of phenols is 3. The van der Waals surface area contributed by atoms with Crippen LogP contribution in [0.25, 0.3) is 0 Å². The Balaban J connectivity index is 1.86. The van der Waals surface area contributed by atoms with Crippen LogP contribution in [0.1, 0.15) is 219 Å². The van der Waals surface area contributed by atoms with Crippen LogP contribution >= 0.6 is 0 Å². The molecule has 0 bridgehead atoms. The third-order valence-corrected chi connectivity index (χ3v) is 12.6. The normalized spacial score (nSPS) is 15.8. The fourth-order valence-electron chi connectivity index (χ4n) is 8.75. The number of phenolic OH excluding ortho intramolecular Hbond substituents is 3. The highest BCUT2D eigenvalue weighted by Gasteiger charge is 2.41. The Bertz CT molecular complexity index is 2100. The Kier molecular flexibility index (Phi) is 14.4. The molecule has 0 aromatic heterocycles. The summed E-state index contributed by atoms with van der Waals surface area (Å²) in [4.78, 5) is 43.5. The molecule has 4 rings (SSSR count). The van der Waals surface area contributed by atoms with Crippen LogP contribution in [0.4, 0.5) is 0 Å². The van der Waals surface area contributed by atoms with Gasteiger partial charge in [-0.1, -0.05) is 149 Å². The summed E-state index contributed by atoms with van der Waals surface area (Å²) in [7, 11) is 0. The monoisotopic (exact) mass is 885 g/mol. The van der Waals surface area contributed by atoms with Gasteiger partial charge in [-0.05, 0) is 117 Å². The Morgan fingerprint density at radius 3 is 1.11 bits per heavy atom. The van der Waals surface area contributed by atoms with Crippen LogP contribution in [0.3, 0.4) is 0 Å². The summed E-state index contributed by atoms with van der Waals surface area (Å²) in [5.41, 5.74) is 4.22. The molecule has 0 saturated carbocycles. The molecule has 3 aromatic carbocycles. The van der Waals surface area contributed by atoms with E-state index in [2.05, 4.69) is 20.8 Å². The fourth-order valence-corrected chi connectivity index (χ4v) is 8.75. The van der Waals surface area contributed by atoms with Crippen molar-refractivity contribution in [3.05, 3.63) is 79.9 Å². The number of benzene rings is 3. The number of carbonyl (C=O) groups is 3. The van der Waals surface area contributed by atoms with Crippen LogP contribution in [-0.4, -0.2) is 39.5 Å². The van der Waals surface area contributed by atoms with E-state index in [1.165, 1.54) is 6.92 Å². The molecule has 0 radical (unpaired) electrons. The zero-order valence-corrected chi connectivity index (χ0v) is 43.0. The smallest absolute Gasteiger partial charge is 0.321 e. The summed E-state index contributed by atoms with van der Waals surface area (Å²) in [6.07, 6.45) is 0.494. The van der Waals surface area contributed by atoms with Crippen molar-refractivity contribution in [2.75, 3.05) is 0 Å². The highest BCUT2D eigenvalue weighted by Crippen LogP contribution is 2.51. The lowest BCUT2D eigenvalue weighted by Gasteiger charge is -2.33. The van der Waals surface area contributed by atoms with Gasteiger partial charge in [0.25, 0.3) is 6.29 Å². The molecular formula is C55H80O9. The summed E-state index contributed by atoms with van der Waals surface area (Å²) >= 11 is 0. The molecule has 64 heavy (non-hydrogen) atoms. The van der Waals surface area contributed by atoms with E-state index in [4.69, 9.17) is 14.2 Å². The maximum atomic E-state index is 14.6. The van der Waals surface area contributed by atoms with Crippen molar-refractivity contribution in [2.24, 2.45) is 5.92 Å². The molecule has 0 amide bonds. The van der Waals surface area contributed by atoms with Gasteiger partial charge in [-0.25, -0.2) is 0 Å². The number of carbonyl (C=O) groups excluding carboxylic acids is 3. The summed E-state index contributed by atoms with van der Waals surface area (Å²) in [6, 6.07) is 7.24. The van der Waals surface area contributed by atoms with Crippen LogP contribution in [0.15, 0.2) is 24.3 Å². The predicted molar refractivity (Wildman–Crippen MR) is 256 cm³/mol. The number of aromatic hydroxyl groups is 3. The molecule has 9 nitrogen and oxygen atoms in total. The quantitative estimate of drug-likeness (QED) is 0.109. The molecule has 1 aliphatic rings. The zero-order chi connectivity index (χ0) is 49.2. The van der Waals surface area contributed by atoms with E-state index in [0.717, 1.165) is 29.5 Å². The molecule has 9 heteroatoms. The lowest BCUT2D eigenvalue weighted by atomic mass is 9.75. The van der Waals surface area contributed by atoms with Gasteiger partial charge in [-0.2, -0.15) is 0 Å². The van der Waals surface area contributed by atoms with Crippen molar-refractivity contribution >= 4 is 17.9 Å². The van der Waals surface area contributed by atoms with Crippen molar-refractivity contribution in [3.8, 4) is 23.0 Å². The molecule has 354 valence electrons. The van der Waals surface area contributed by atoms with Crippen LogP contribution < -0.4 is 4.74 Å². The van der Waals surface area contributed by atoms with E-state index >= 15 is 0 Å². The molecule has 0 spiro atoms. The Labute approximate surface area is 384 Å². The van der Waals surface area contributed by atoms with Crippen molar-refractivity contribution in [2.45, 2.75) is 215 Å². The minimum Gasteiger partial charge on any atom is -0.507 e. The number of hydrogen-bond donors (Lipinski definition) is 3. The highest BCUT2D eigenvalue weighted by molar-refractivity contribution is 5.83. The van der Waals surface area contributed by atoms with E-state index in [-0.39, 0.29) is 22.7 Å². The second-order valence-corrected chi connectivity index (χ2v) is 24.6. The number of rotatable bonds is 9. The first-order valence-electron chi connectivity index (χ1n) is 23.1. The lowest BCUT2D eigenvalue weighted by Crippen LogP contribution is -2.39. The van der Waals surface area contributed by atoms with Crippen LogP contribution in [0, 0.1) is 5.92 Å². The van der Waals surface area contributed by atoms with Crippen molar-refractivity contribution in [3.63, 3.8) is 0 Å². The third kappa shape index (κ3) is 10.9. The van der Waals surface area contributed by atoms with E-state index in [1.807, 2.05) is 128 Å². The van der Waals surface area contributed by atoms with Gasteiger partial charge in [-0.3, -0.25) is 14.4 Å². The molecule has 0 saturated heterocycles. The third-order valence-electron chi connectivity index (χ3n) is 12.6. The Morgan fingerprint density at radius 2 is 0.797 bits per heavy atom. The number of ether oxygens (including phenoxy) is 3. The van der Waals surface area contributed by atoms with Crippen molar-refractivity contribution in [1.29, 1.82) is 0 Å². The molecule has 0 heterocycles. The van der Waals surface area contributed by atoms with Crippen LogP contribution in [-0.2, 0) is 69.2 Å². The molecule has 3 N–H and O–H groups in total. The van der Waals surface area contributed by atoms with E-state index in [0.29, 0.717) is 51.1 Å². The fraction of sp³-hybridized carbons (Fsp3) is 0.618. The average molecular weight is 885 g/mol. The second-order valence-electron chi connectivity index (χ2n) is 24.6. The zero-order valence-electron chi connectivity index (χ0n) is 43.0. The van der Waals surface area contributed by atoms with E-state index < -0.39 is 69.0 Å². The standard InChI is InChI=1S/C55H80O9/c1-29(32-25-36(50(4,5)6)42(56)37(26-32)51(7,8)9)46(59)63-49(64-47(60)30(2)33-27-38(52(10,11)12)43(57)39(28-33)53(13,14)15)31(3)48(61)62-45-35-24-22-23-34(35)40(54(16,17)18)44(58)41(45)55(19,20)21/h25-31,49,56-58H,22-24H2,1-21H3. The van der Waals surface area contributed by atoms with Gasteiger partial charge >= 0.3 is 17.9 Å². The van der Waals surface area contributed by atoms with Gasteiger partial charge in [0.05, 0.1) is 11.8 Å². The molecule has 0 fully saturated rings. The maximum absolute atomic E-state index is 14.6. The molecule has 3 aromatic rings. The van der Waals surface area contributed by atoms with Crippen molar-refractivity contribution < 1.29 is 43.9 Å². The van der Waals surface area contributed by atoms with Crippen LogP contribution in [0.5, 0.6) is 23.0 Å². The molecule has 1 aliphatic carbocycles. The first-order chi connectivity index (χ1) is 28.8. The number of hydrogen-bond acceptors (Lipinski definition) is 9. The average Bonchev–Trinajstić information content (AvgIpc) is 3.60. The molecule has 0 aliphatic heterocycles. The summed E-state index contributed by atoms with van der Waals surface area (Å²) in [6.45, 7) is 40.9. The summed E-state index contributed by atoms with van der Waals surface area (Å²) in [5, 5.41) is 34.9. The van der Waals surface area contributed by atoms with Gasteiger partial charge in [0.2, 0.25) is 0 Å². The first kappa shape index (κ1) is 52.1. The van der Waals surface area contributed by atoms with Gasteiger partial charge in [-0.15, -0.1) is 0 Å². The van der Waals surface area contributed by atoms with Gasteiger partial charge in [0, 0.05) is 11.1 Å². The first-order valence-corrected chi connectivity index (χ1v) is 23.1. The van der Waals surface area contributed by atoms with Crippen LogP contribution in [0.2, 0.25) is 0 Å². The Morgan fingerprint density at radius 1 is 0.469 bits per heavy atom. The number of fused-ring (bicyclic) bond motifs is 1. The van der Waals surface area contributed by atoms with E-state index in [1.54, 1.807) is 13.8 Å². The van der Waals surface area contributed by atoms with Gasteiger partial charge in [0.1, 0.15) is 28.9 Å². The second kappa shape index (κ2) is 17.7. The predicted octanol–water partition coefficient (Wildman–Crippen LogP) is 12.6. The summed E-state index contributed by atoms with van der Waals surface area (Å²) in [5.74, 6) is -4.66. The molecule has 3 unspecified atom stereocenters. The largest absolute Gasteiger partial charge is 0.507 e. The van der Waals surface area contributed by atoms with E-state index in [9.17, 15) is 29.7 Å². The molecule has 3 atom stereocenters. The Hall–Kier alpha value is -4.53. The number of esters is 3.